The summed E-state index contributed by atoms with van der Waals surface area (Å²) in [5.41, 5.74) is 0.304. The molecule has 0 spiro atoms. The van der Waals surface area contributed by atoms with E-state index in [4.69, 9.17) is 4.99 Å². The predicted molar refractivity (Wildman–Crippen MR) is 147 cm³/mol. The number of carbonyl (C=O) groups is 3. The van der Waals surface area contributed by atoms with Gasteiger partial charge in [0.15, 0.2) is 0 Å². The second-order valence-electron chi connectivity index (χ2n) is 9.97. The molecule has 1 aliphatic carbocycles. The van der Waals surface area contributed by atoms with Crippen LogP contribution in [-0.2, 0) is 14.8 Å². The molecule has 0 aromatic heterocycles. The first-order valence-corrected chi connectivity index (χ1v) is 14.3. The molecule has 0 bridgehead atoms. The molecule has 4 amide bonds. The maximum Gasteiger partial charge on any atom is 0.321 e. The number of nitrogens with zero attached hydrogens (tertiary/aromatic N) is 2. The molecule has 1 atom stereocenters. The van der Waals surface area contributed by atoms with Crippen LogP contribution in [-0.4, -0.2) is 50.4 Å². The second-order valence-corrected chi connectivity index (χ2v) is 12.2. The topological polar surface area (TPSA) is 137 Å². The lowest BCUT2D eigenvalue weighted by Gasteiger charge is -2.40. The fraction of sp³-hybridized carbons (Fsp3) is 0.407. The van der Waals surface area contributed by atoms with Gasteiger partial charge in [-0.2, -0.15) is 0 Å². The SMILES string of the molecule is CC(C)S(=O)(=O)NC(=O)c1cccc(NC(=O)NC2(C3CCCCC3)N=Cc3ccccc3N(C)C2=O)c1. The van der Waals surface area contributed by atoms with Crippen LogP contribution in [0.4, 0.5) is 16.2 Å². The van der Waals surface area contributed by atoms with Crippen LogP contribution in [0.3, 0.4) is 0 Å². The summed E-state index contributed by atoms with van der Waals surface area (Å²) >= 11 is 0. The number of hydrogen-bond acceptors (Lipinski definition) is 6. The Morgan fingerprint density at radius 1 is 1.05 bits per heavy atom. The molecule has 2 aromatic carbocycles. The highest BCUT2D eigenvalue weighted by atomic mass is 32.2. The van der Waals surface area contributed by atoms with Gasteiger partial charge in [-0.25, -0.2) is 17.9 Å². The molecule has 38 heavy (non-hydrogen) atoms. The van der Waals surface area contributed by atoms with Crippen molar-refractivity contribution in [3.8, 4) is 0 Å². The number of amides is 4. The Bertz CT molecular complexity index is 1370. The number of rotatable bonds is 6. The Morgan fingerprint density at radius 2 is 1.76 bits per heavy atom. The molecule has 11 heteroatoms. The zero-order chi connectivity index (χ0) is 27.5. The van der Waals surface area contributed by atoms with Gasteiger partial charge in [0.2, 0.25) is 15.7 Å². The summed E-state index contributed by atoms with van der Waals surface area (Å²) in [5.74, 6) is -1.32. The van der Waals surface area contributed by atoms with Gasteiger partial charge in [0.05, 0.1) is 10.9 Å². The molecular weight excluding hydrogens is 506 g/mol. The van der Waals surface area contributed by atoms with Crippen LogP contribution in [0.5, 0.6) is 0 Å². The van der Waals surface area contributed by atoms with Crippen molar-refractivity contribution >= 4 is 45.5 Å². The number of likely N-dealkylation sites (N-methyl/N-ethyl adjacent to an activating group) is 1. The molecule has 10 nitrogen and oxygen atoms in total. The lowest BCUT2D eigenvalue weighted by Crippen LogP contribution is -2.63. The van der Waals surface area contributed by atoms with Crippen molar-refractivity contribution in [3.63, 3.8) is 0 Å². The third kappa shape index (κ3) is 5.57. The van der Waals surface area contributed by atoms with E-state index in [9.17, 15) is 22.8 Å². The minimum absolute atomic E-state index is 0.0627. The predicted octanol–water partition coefficient (Wildman–Crippen LogP) is 3.65. The molecule has 202 valence electrons. The Morgan fingerprint density at radius 3 is 2.47 bits per heavy atom. The van der Waals surface area contributed by atoms with Crippen molar-refractivity contribution in [2.75, 3.05) is 17.3 Å². The quantitative estimate of drug-likeness (QED) is 0.515. The smallest absolute Gasteiger partial charge is 0.311 e. The lowest BCUT2D eigenvalue weighted by molar-refractivity contribution is -0.126. The zero-order valence-corrected chi connectivity index (χ0v) is 22.5. The van der Waals surface area contributed by atoms with Crippen LogP contribution in [0.25, 0.3) is 0 Å². The minimum Gasteiger partial charge on any atom is -0.311 e. The fourth-order valence-corrected chi connectivity index (χ4v) is 5.47. The van der Waals surface area contributed by atoms with E-state index in [1.165, 1.54) is 36.9 Å². The summed E-state index contributed by atoms with van der Waals surface area (Å²) in [6.45, 7) is 2.93. The van der Waals surface area contributed by atoms with Crippen LogP contribution in [0.1, 0.15) is 61.9 Å². The van der Waals surface area contributed by atoms with E-state index in [1.807, 2.05) is 29.0 Å². The van der Waals surface area contributed by atoms with E-state index in [2.05, 4.69) is 10.6 Å². The number of anilines is 2. The average Bonchev–Trinajstić information content (AvgIpc) is 3.00. The number of fused-ring (bicyclic) bond motifs is 1. The third-order valence-corrected chi connectivity index (χ3v) is 8.79. The van der Waals surface area contributed by atoms with Gasteiger partial charge in [-0.15, -0.1) is 0 Å². The van der Waals surface area contributed by atoms with E-state index in [1.54, 1.807) is 19.3 Å². The average molecular weight is 540 g/mol. The van der Waals surface area contributed by atoms with Crippen LogP contribution < -0.4 is 20.3 Å². The molecular formula is C27H33N5O5S. The number of aliphatic imine (C=N–C) groups is 1. The van der Waals surface area contributed by atoms with Gasteiger partial charge in [0.1, 0.15) is 0 Å². The van der Waals surface area contributed by atoms with Crippen LogP contribution in [0.2, 0.25) is 0 Å². The summed E-state index contributed by atoms with van der Waals surface area (Å²) in [4.78, 5) is 46.0. The first-order valence-electron chi connectivity index (χ1n) is 12.7. The molecule has 0 saturated heterocycles. The number of carbonyl (C=O) groups excluding carboxylic acids is 3. The number of sulfonamides is 1. The van der Waals surface area contributed by atoms with Crippen molar-refractivity contribution in [2.24, 2.45) is 10.9 Å². The molecule has 2 aliphatic rings. The minimum atomic E-state index is -3.82. The van der Waals surface area contributed by atoms with Gasteiger partial charge in [0.25, 0.3) is 11.8 Å². The van der Waals surface area contributed by atoms with Crippen molar-refractivity contribution < 1.29 is 22.8 Å². The number of urea groups is 1. The summed E-state index contributed by atoms with van der Waals surface area (Å²) in [7, 11) is -2.14. The Hall–Kier alpha value is -3.73. The van der Waals surface area contributed by atoms with Crippen LogP contribution >= 0.6 is 0 Å². The molecule has 3 N–H and O–H groups in total. The highest BCUT2D eigenvalue weighted by Gasteiger charge is 2.49. The fourth-order valence-electron chi connectivity index (χ4n) is 4.86. The van der Waals surface area contributed by atoms with Crippen LogP contribution in [0, 0.1) is 5.92 Å². The first kappa shape index (κ1) is 27.3. The molecule has 1 unspecified atom stereocenters. The number of nitrogens with one attached hydrogen (secondary N) is 3. The van der Waals surface area contributed by atoms with Gasteiger partial charge < -0.3 is 15.5 Å². The number of benzene rings is 2. The van der Waals surface area contributed by atoms with E-state index in [0.717, 1.165) is 37.7 Å². The van der Waals surface area contributed by atoms with Crippen molar-refractivity contribution in [3.05, 3.63) is 59.7 Å². The molecule has 0 radical (unpaired) electrons. The molecule has 2 aromatic rings. The first-order chi connectivity index (χ1) is 18.0. The Labute approximate surface area is 223 Å². The van der Waals surface area contributed by atoms with E-state index >= 15 is 0 Å². The van der Waals surface area contributed by atoms with Crippen molar-refractivity contribution in [1.29, 1.82) is 0 Å². The van der Waals surface area contributed by atoms with Gasteiger partial charge in [-0.3, -0.25) is 14.6 Å². The van der Waals surface area contributed by atoms with Gasteiger partial charge in [-0.1, -0.05) is 43.5 Å². The normalized spacial score (nSPS) is 20.0. The van der Waals surface area contributed by atoms with Crippen LogP contribution in [0.15, 0.2) is 53.5 Å². The van der Waals surface area contributed by atoms with Crippen molar-refractivity contribution in [1.82, 2.24) is 10.0 Å². The van der Waals surface area contributed by atoms with E-state index in [-0.39, 0.29) is 23.1 Å². The molecule has 1 aliphatic heterocycles. The number of hydrogen-bond donors (Lipinski definition) is 3. The highest BCUT2D eigenvalue weighted by Crippen LogP contribution is 2.38. The third-order valence-electron chi connectivity index (χ3n) is 7.07. The summed E-state index contributed by atoms with van der Waals surface area (Å²) < 4.78 is 26.2. The monoisotopic (exact) mass is 539 g/mol. The van der Waals surface area contributed by atoms with E-state index < -0.39 is 32.9 Å². The largest absolute Gasteiger partial charge is 0.321 e. The maximum absolute atomic E-state index is 13.9. The molecule has 1 fully saturated rings. The molecule has 1 heterocycles. The Balaban J connectivity index is 1.59. The second kappa shape index (κ2) is 10.9. The maximum atomic E-state index is 13.9. The zero-order valence-electron chi connectivity index (χ0n) is 21.7. The molecule has 1 saturated carbocycles. The van der Waals surface area contributed by atoms with Gasteiger partial charge in [-0.05, 0) is 51.0 Å². The Kier molecular flexibility index (Phi) is 7.86. The number of benzodiazepines with no additional fused rings is 1. The van der Waals surface area contributed by atoms with Gasteiger partial charge >= 0.3 is 6.03 Å². The lowest BCUT2D eigenvalue weighted by atomic mass is 9.79. The van der Waals surface area contributed by atoms with Crippen molar-refractivity contribution in [2.45, 2.75) is 56.9 Å². The standard InChI is InChI=1S/C27H33N5O5S/c1-18(2)38(36,37)31-24(33)19-11-9-14-22(16-19)29-26(35)30-27(21-12-5-4-6-13-21)25(34)32(3)23-15-8-7-10-20(23)17-28-27/h7-11,14-18,21H,4-6,12-13H2,1-3H3,(H,31,33)(H2,29,30,35). The number of para-hydroxylation sites is 1. The summed E-state index contributed by atoms with van der Waals surface area (Å²) in [6.07, 6.45) is 6.07. The molecule has 4 rings (SSSR count). The summed E-state index contributed by atoms with van der Waals surface area (Å²) in [6, 6.07) is 12.7. The summed E-state index contributed by atoms with van der Waals surface area (Å²) in [5, 5.41) is 4.78. The van der Waals surface area contributed by atoms with E-state index in [0.29, 0.717) is 5.69 Å². The highest BCUT2D eigenvalue weighted by molar-refractivity contribution is 7.90. The van der Waals surface area contributed by atoms with Gasteiger partial charge in [0, 0.05) is 36.0 Å².